The Labute approximate surface area is 108 Å². The van der Waals surface area contributed by atoms with Crippen LogP contribution in [0.25, 0.3) is 0 Å². The first kappa shape index (κ1) is 12.2. The fraction of sp³-hybridized carbons (Fsp3) is 0.364. The van der Waals surface area contributed by atoms with Crippen LogP contribution in [0.2, 0.25) is 0 Å². The molecule has 0 aromatic carbocycles. The number of aromatic nitrogens is 3. The Morgan fingerprint density at radius 3 is 2.94 bits per heavy atom. The van der Waals surface area contributed by atoms with Crippen molar-refractivity contribution >= 4 is 15.9 Å². The van der Waals surface area contributed by atoms with Crippen LogP contribution >= 0.6 is 15.9 Å². The van der Waals surface area contributed by atoms with E-state index in [4.69, 9.17) is 4.52 Å². The zero-order chi connectivity index (χ0) is 12.1. The molecule has 90 valence electrons. The van der Waals surface area contributed by atoms with Crippen LogP contribution in [0.5, 0.6) is 0 Å². The van der Waals surface area contributed by atoms with Gasteiger partial charge in [0.15, 0.2) is 5.82 Å². The maximum absolute atomic E-state index is 4.89. The van der Waals surface area contributed by atoms with Gasteiger partial charge in [-0.3, -0.25) is 4.98 Å². The molecule has 0 atom stereocenters. The summed E-state index contributed by atoms with van der Waals surface area (Å²) >= 11 is 3.35. The number of pyridine rings is 1. The second-order valence-corrected chi connectivity index (χ2v) is 4.54. The SMILES string of the molecule is Cc1nc(CCNCc2ccc(Br)cn2)no1. The van der Waals surface area contributed by atoms with Crippen molar-refractivity contribution in [2.45, 2.75) is 19.9 Å². The van der Waals surface area contributed by atoms with Gasteiger partial charge < -0.3 is 9.84 Å². The second kappa shape index (κ2) is 5.88. The molecule has 1 N–H and O–H groups in total. The summed E-state index contributed by atoms with van der Waals surface area (Å²) in [5.41, 5.74) is 1.01. The molecule has 2 heterocycles. The highest BCUT2D eigenvalue weighted by molar-refractivity contribution is 9.10. The molecule has 0 radical (unpaired) electrons. The molecule has 0 amide bonds. The number of nitrogens with zero attached hydrogens (tertiary/aromatic N) is 3. The van der Waals surface area contributed by atoms with Gasteiger partial charge in [-0.2, -0.15) is 4.98 Å². The molecule has 0 saturated heterocycles. The van der Waals surface area contributed by atoms with Crippen molar-refractivity contribution in [2.24, 2.45) is 0 Å². The monoisotopic (exact) mass is 296 g/mol. The van der Waals surface area contributed by atoms with E-state index in [1.807, 2.05) is 12.1 Å². The van der Waals surface area contributed by atoms with Gasteiger partial charge in [-0.25, -0.2) is 0 Å². The molecule has 0 unspecified atom stereocenters. The molecule has 2 aromatic heterocycles. The van der Waals surface area contributed by atoms with Crippen LogP contribution in [0, 0.1) is 6.92 Å². The highest BCUT2D eigenvalue weighted by atomic mass is 79.9. The van der Waals surface area contributed by atoms with Gasteiger partial charge in [-0.15, -0.1) is 0 Å². The van der Waals surface area contributed by atoms with Crippen molar-refractivity contribution in [3.8, 4) is 0 Å². The summed E-state index contributed by atoms with van der Waals surface area (Å²) in [6, 6.07) is 3.96. The number of nitrogens with one attached hydrogen (secondary N) is 1. The zero-order valence-corrected chi connectivity index (χ0v) is 11.1. The third-order valence-electron chi connectivity index (χ3n) is 2.19. The maximum Gasteiger partial charge on any atom is 0.223 e. The smallest absolute Gasteiger partial charge is 0.223 e. The molecule has 5 nitrogen and oxygen atoms in total. The van der Waals surface area contributed by atoms with Crippen LogP contribution in [0.15, 0.2) is 27.3 Å². The van der Waals surface area contributed by atoms with Crippen LogP contribution < -0.4 is 5.32 Å². The summed E-state index contributed by atoms with van der Waals surface area (Å²) in [6.07, 6.45) is 2.55. The number of rotatable bonds is 5. The number of aryl methyl sites for hydroxylation is 1. The first-order valence-corrected chi connectivity index (χ1v) is 6.13. The average molecular weight is 297 g/mol. The minimum atomic E-state index is 0.606. The van der Waals surface area contributed by atoms with E-state index in [0.29, 0.717) is 5.89 Å². The Balaban J connectivity index is 1.71. The number of halogens is 1. The van der Waals surface area contributed by atoms with E-state index in [-0.39, 0.29) is 0 Å². The molecule has 6 heteroatoms. The van der Waals surface area contributed by atoms with E-state index in [1.54, 1.807) is 13.1 Å². The predicted molar refractivity (Wildman–Crippen MR) is 66.4 cm³/mol. The van der Waals surface area contributed by atoms with Gasteiger partial charge in [-0.1, -0.05) is 5.16 Å². The van der Waals surface area contributed by atoms with Crippen molar-refractivity contribution in [3.63, 3.8) is 0 Å². The van der Waals surface area contributed by atoms with Crippen LogP contribution in [0.3, 0.4) is 0 Å². The van der Waals surface area contributed by atoms with Gasteiger partial charge in [0.05, 0.1) is 5.69 Å². The van der Waals surface area contributed by atoms with E-state index in [9.17, 15) is 0 Å². The molecule has 2 rings (SSSR count). The standard InChI is InChI=1S/C11H13BrN4O/c1-8-15-11(16-17-8)4-5-13-7-10-3-2-9(12)6-14-10/h2-3,6,13H,4-5,7H2,1H3. The molecular weight excluding hydrogens is 284 g/mol. The highest BCUT2D eigenvalue weighted by Gasteiger charge is 2.01. The summed E-state index contributed by atoms with van der Waals surface area (Å²) in [4.78, 5) is 8.40. The van der Waals surface area contributed by atoms with Crippen LogP contribution in [0.4, 0.5) is 0 Å². The van der Waals surface area contributed by atoms with Crippen LogP contribution in [0.1, 0.15) is 17.4 Å². The lowest BCUT2D eigenvalue weighted by Gasteiger charge is -2.02. The van der Waals surface area contributed by atoms with E-state index >= 15 is 0 Å². The number of hydrogen-bond acceptors (Lipinski definition) is 5. The summed E-state index contributed by atoms with van der Waals surface area (Å²) in [5.74, 6) is 1.34. The summed E-state index contributed by atoms with van der Waals surface area (Å²) in [7, 11) is 0. The second-order valence-electron chi connectivity index (χ2n) is 3.62. The Morgan fingerprint density at radius 1 is 1.41 bits per heavy atom. The first-order chi connectivity index (χ1) is 8.24. The van der Waals surface area contributed by atoms with Gasteiger partial charge in [0.25, 0.3) is 0 Å². The Morgan fingerprint density at radius 2 is 2.29 bits per heavy atom. The van der Waals surface area contributed by atoms with Gasteiger partial charge in [-0.05, 0) is 28.1 Å². The van der Waals surface area contributed by atoms with E-state index in [0.717, 1.165) is 35.5 Å². The predicted octanol–water partition coefficient (Wildman–Crippen LogP) is 1.87. The van der Waals surface area contributed by atoms with Crippen molar-refractivity contribution in [1.29, 1.82) is 0 Å². The average Bonchev–Trinajstić information content (AvgIpc) is 2.73. The minimum Gasteiger partial charge on any atom is -0.340 e. The normalized spacial score (nSPS) is 10.7. The lowest BCUT2D eigenvalue weighted by molar-refractivity contribution is 0.387. The Kier molecular flexibility index (Phi) is 4.22. The molecule has 0 spiro atoms. The van der Waals surface area contributed by atoms with Crippen molar-refractivity contribution in [2.75, 3.05) is 6.54 Å². The highest BCUT2D eigenvalue weighted by Crippen LogP contribution is 2.07. The quantitative estimate of drug-likeness (QED) is 0.854. The lowest BCUT2D eigenvalue weighted by Crippen LogP contribution is -2.17. The van der Waals surface area contributed by atoms with Crippen LogP contribution in [-0.2, 0) is 13.0 Å². The fourth-order valence-electron chi connectivity index (χ4n) is 1.37. The summed E-state index contributed by atoms with van der Waals surface area (Å²) in [5, 5.41) is 7.10. The largest absolute Gasteiger partial charge is 0.340 e. The van der Waals surface area contributed by atoms with Crippen molar-refractivity contribution in [3.05, 3.63) is 40.2 Å². The van der Waals surface area contributed by atoms with Gasteiger partial charge >= 0.3 is 0 Å². The maximum atomic E-state index is 4.89. The minimum absolute atomic E-state index is 0.606. The molecule has 0 fully saturated rings. The molecule has 0 aliphatic heterocycles. The van der Waals surface area contributed by atoms with Gasteiger partial charge in [0.2, 0.25) is 5.89 Å². The molecule has 0 aliphatic rings. The van der Waals surface area contributed by atoms with Gasteiger partial charge in [0.1, 0.15) is 0 Å². The topological polar surface area (TPSA) is 63.8 Å². The van der Waals surface area contributed by atoms with Crippen LogP contribution in [-0.4, -0.2) is 21.7 Å². The zero-order valence-electron chi connectivity index (χ0n) is 9.48. The molecular formula is C11H13BrN4O. The molecule has 0 bridgehead atoms. The first-order valence-electron chi connectivity index (χ1n) is 5.34. The van der Waals surface area contributed by atoms with E-state index in [1.165, 1.54) is 0 Å². The number of hydrogen-bond donors (Lipinski definition) is 1. The van der Waals surface area contributed by atoms with Crippen molar-refractivity contribution < 1.29 is 4.52 Å². The molecule has 0 aliphatic carbocycles. The third-order valence-corrected chi connectivity index (χ3v) is 2.66. The Bertz CT molecular complexity index is 469. The fourth-order valence-corrected chi connectivity index (χ4v) is 1.61. The summed E-state index contributed by atoms with van der Waals surface area (Å²) < 4.78 is 5.88. The van der Waals surface area contributed by atoms with Crippen molar-refractivity contribution in [1.82, 2.24) is 20.4 Å². The van der Waals surface area contributed by atoms with Gasteiger partial charge in [0, 0.05) is 37.1 Å². The lowest BCUT2D eigenvalue weighted by atomic mass is 10.3. The molecule has 2 aromatic rings. The van der Waals surface area contributed by atoms with E-state index in [2.05, 4.69) is 36.4 Å². The summed E-state index contributed by atoms with van der Waals surface area (Å²) in [6.45, 7) is 3.33. The van der Waals surface area contributed by atoms with E-state index < -0.39 is 0 Å². The molecule has 17 heavy (non-hydrogen) atoms. The third kappa shape index (κ3) is 3.90. The Hall–Kier alpha value is -1.27. The molecule has 0 saturated carbocycles.